The van der Waals surface area contributed by atoms with Crippen LogP contribution >= 0.6 is 23.2 Å². The first kappa shape index (κ1) is 15.6. The molecule has 0 saturated heterocycles. The van der Waals surface area contributed by atoms with Crippen LogP contribution in [0.5, 0.6) is 0 Å². The van der Waals surface area contributed by atoms with Crippen LogP contribution in [0.15, 0.2) is 36.5 Å². The fraction of sp³-hybridized carbons (Fsp3) is 0.143. The largest absolute Gasteiger partial charge is 0.345 e. The average Bonchev–Trinajstić information content (AvgIpc) is 2.47. The molecular formula is C14H14Cl2N4O. The maximum absolute atomic E-state index is 12.2. The van der Waals surface area contributed by atoms with Gasteiger partial charge in [0, 0.05) is 11.2 Å². The standard InChI is InChI=1S/C14H14Cl2N4O/c1-8(9-3-2-4-11(15)5-9)19-14(21)10-6-12(16)13(20-17)18-7-10/h2-8H,17H2,1H3,(H,18,20)(H,19,21). The van der Waals surface area contributed by atoms with Crippen LogP contribution in [-0.2, 0) is 0 Å². The Bertz CT molecular complexity index is 663. The van der Waals surface area contributed by atoms with Gasteiger partial charge in [0.05, 0.1) is 16.6 Å². The molecule has 1 unspecified atom stereocenters. The van der Waals surface area contributed by atoms with E-state index < -0.39 is 0 Å². The van der Waals surface area contributed by atoms with Crippen molar-refractivity contribution in [1.82, 2.24) is 10.3 Å². The van der Waals surface area contributed by atoms with Gasteiger partial charge in [-0.3, -0.25) is 4.79 Å². The molecule has 0 radical (unpaired) electrons. The number of hydrazine groups is 1. The predicted molar refractivity (Wildman–Crippen MR) is 84.4 cm³/mol. The number of nitrogens with two attached hydrogens (primary N) is 1. The zero-order valence-corrected chi connectivity index (χ0v) is 12.7. The third kappa shape index (κ3) is 3.85. The summed E-state index contributed by atoms with van der Waals surface area (Å²) >= 11 is 11.9. The van der Waals surface area contributed by atoms with Crippen LogP contribution in [0.4, 0.5) is 5.82 Å². The molecule has 0 saturated carbocycles. The van der Waals surface area contributed by atoms with Gasteiger partial charge in [-0.25, -0.2) is 10.8 Å². The van der Waals surface area contributed by atoms with E-state index in [0.29, 0.717) is 16.4 Å². The number of aromatic nitrogens is 1. The van der Waals surface area contributed by atoms with Gasteiger partial charge in [-0.2, -0.15) is 0 Å². The molecule has 1 atom stereocenters. The number of amides is 1. The lowest BCUT2D eigenvalue weighted by Gasteiger charge is -2.15. The average molecular weight is 325 g/mol. The van der Waals surface area contributed by atoms with Gasteiger partial charge in [0.1, 0.15) is 0 Å². The number of carbonyl (C=O) groups excluding carboxylic acids is 1. The zero-order chi connectivity index (χ0) is 15.4. The number of hydrogen-bond donors (Lipinski definition) is 3. The number of carbonyl (C=O) groups is 1. The summed E-state index contributed by atoms with van der Waals surface area (Å²) in [4.78, 5) is 16.1. The van der Waals surface area contributed by atoms with Crippen LogP contribution in [0.3, 0.4) is 0 Å². The highest BCUT2D eigenvalue weighted by atomic mass is 35.5. The molecule has 0 aliphatic heterocycles. The van der Waals surface area contributed by atoms with Gasteiger partial charge in [0.15, 0.2) is 5.82 Å². The Balaban J connectivity index is 2.12. The molecule has 110 valence electrons. The number of benzene rings is 1. The summed E-state index contributed by atoms with van der Waals surface area (Å²) in [6.45, 7) is 1.87. The lowest BCUT2D eigenvalue weighted by molar-refractivity contribution is 0.0939. The van der Waals surface area contributed by atoms with E-state index >= 15 is 0 Å². The number of hydrogen-bond acceptors (Lipinski definition) is 4. The molecule has 1 aromatic carbocycles. The third-order valence-corrected chi connectivity index (χ3v) is 3.46. The molecule has 1 aromatic heterocycles. The van der Waals surface area contributed by atoms with Crippen molar-refractivity contribution in [2.24, 2.45) is 5.84 Å². The van der Waals surface area contributed by atoms with Crippen molar-refractivity contribution in [3.8, 4) is 0 Å². The van der Waals surface area contributed by atoms with Crippen LogP contribution in [0.25, 0.3) is 0 Å². The van der Waals surface area contributed by atoms with Gasteiger partial charge in [-0.1, -0.05) is 35.3 Å². The van der Waals surface area contributed by atoms with E-state index in [1.165, 1.54) is 12.3 Å². The zero-order valence-electron chi connectivity index (χ0n) is 11.2. The summed E-state index contributed by atoms with van der Waals surface area (Å²) in [6.07, 6.45) is 1.40. The van der Waals surface area contributed by atoms with Gasteiger partial charge in [0.25, 0.3) is 5.91 Å². The first-order valence-electron chi connectivity index (χ1n) is 6.19. The minimum absolute atomic E-state index is 0.192. The Hall–Kier alpha value is -1.82. The topological polar surface area (TPSA) is 80.0 Å². The molecule has 4 N–H and O–H groups in total. The minimum atomic E-state index is -0.277. The van der Waals surface area contributed by atoms with Crippen molar-refractivity contribution in [3.05, 3.63) is 57.7 Å². The summed E-state index contributed by atoms with van der Waals surface area (Å²) in [5.41, 5.74) is 3.61. The second-order valence-electron chi connectivity index (χ2n) is 4.45. The summed E-state index contributed by atoms with van der Waals surface area (Å²) in [5.74, 6) is 5.28. The van der Waals surface area contributed by atoms with Gasteiger partial charge in [0.2, 0.25) is 0 Å². The van der Waals surface area contributed by atoms with Crippen molar-refractivity contribution in [2.45, 2.75) is 13.0 Å². The normalized spacial score (nSPS) is 11.8. The van der Waals surface area contributed by atoms with E-state index in [2.05, 4.69) is 15.7 Å². The highest BCUT2D eigenvalue weighted by Crippen LogP contribution is 2.21. The van der Waals surface area contributed by atoms with Crippen molar-refractivity contribution < 1.29 is 4.79 Å². The molecule has 1 heterocycles. The van der Waals surface area contributed by atoms with Crippen molar-refractivity contribution in [2.75, 3.05) is 5.43 Å². The van der Waals surface area contributed by atoms with E-state index in [0.717, 1.165) is 5.56 Å². The summed E-state index contributed by atoms with van der Waals surface area (Å²) in [5, 5.41) is 3.76. The third-order valence-electron chi connectivity index (χ3n) is 2.94. The number of pyridine rings is 1. The SMILES string of the molecule is CC(NC(=O)c1cnc(NN)c(Cl)c1)c1cccc(Cl)c1. The molecule has 21 heavy (non-hydrogen) atoms. The molecule has 0 aliphatic carbocycles. The molecule has 0 aliphatic rings. The second kappa shape index (κ2) is 6.76. The first-order chi connectivity index (χ1) is 10.0. The molecule has 2 aromatic rings. The Kier molecular flexibility index (Phi) is 5.01. The number of halogens is 2. The fourth-order valence-electron chi connectivity index (χ4n) is 1.81. The lowest BCUT2D eigenvalue weighted by Crippen LogP contribution is -2.26. The molecule has 0 bridgehead atoms. The predicted octanol–water partition coefficient (Wildman–Crippen LogP) is 3.17. The fourth-order valence-corrected chi connectivity index (χ4v) is 2.23. The van der Waals surface area contributed by atoms with E-state index in [1.54, 1.807) is 12.1 Å². The molecule has 1 amide bonds. The number of anilines is 1. The van der Waals surface area contributed by atoms with Gasteiger partial charge in [-0.05, 0) is 30.7 Å². The molecule has 5 nitrogen and oxygen atoms in total. The quantitative estimate of drug-likeness (QED) is 0.596. The van der Waals surface area contributed by atoms with E-state index in [9.17, 15) is 4.79 Å². The van der Waals surface area contributed by atoms with Crippen LogP contribution in [-0.4, -0.2) is 10.9 Å². The lowest BCUT2D eigenvalue weighted by atomic mass is 10.1. The van der Waals surface area contributed by atoms with Crippen LogP contribution in [0.2, 0.25) is 10.0 Å². The summed E-state index contributed by atoms with van der Waals surface area (Å²) in [6, 6.07) is 8.62. The molecule has 0 spiro atoms. The van der Waals surface area contributed by atoms with E-state index in [4.69, 9.17) is 29.0 Å². The van der Waals surface area contributed by atoms with Crippen molar-refractivity contribution >= 4 is 34.9 Å². The summed E-state index contributed by atoms with van der Waals surface area (Å²) in [7, 11) is 0. The maximum atomic E-state index is 12.2. The highest BCUT2D eigenvalue weighted by molar-refractivity contribution is 6.33. The van der Waals surface area contributed by atoms with Crippen LogP contribution in [0.1, 0.15) is 28.9 Å². The van der Waals surface area contributed by atoms with Gasteiger partial charge < -0.3 is 10.7 Å². The molecule has 0 fully saturated rings. The summed E-state index contributed by atoms with van der Waals surface area (Å²) < 4.78 is 0. The van der Waals surface area contributed by atoms with Crippen LogP contribution < -0.4 is 16.6 Å². The van der Waals surface area contributed by atoms with E-state index in [-0.39, 0.29) is 17.0 Å². The first-order valence-corrected chi connectivity index (χ1v) is 6.95. The van der Waals surface area contributed by atoms with E-state index in [1.807, 2.05) is 19.1 Å². The van der Waals surface area contributed by atoms with Gasteiger partial charge in [-0.15, -0.1) is 0 Å². The smallest absolute Gasteiger partial charge is 0.253 e. The monoisotopic (exact) mass is 324 g/mol. The molecule has 7 heteroatoms. The van der Waals surface area contributed by atoms with Crippen LogP contribution in [0, 0.1) is 0 Å². The van der Waals surface area contributed by atoms with Crippen molar-refractivity contribution in [1.29, 1.82) is 0 Å². The molecular weight excluding hydrogens is 311 g/mol. The number of nitrogens with one attached hydrogen (secondary N) is 2. The number of nitrogen functional groups attached to an aromatic ring is 1. The minimum Gasteiger partial charge on any atom is -0.345 e. The van der Waals surface area contributed by atoms with Gasteiger partial charge >= 0.3 is 0 Å². The number of rotatable bonds is 4. The van der Waals surface area contributed by atoms with Crippen molar-refractivity contribution in [3.63, 3.8) is 0 Å². The number of nitrogens with zero attached hydrogens (tertiary/aromatic N) is 1. The maximum Gasteiger partial charge on any atom is 0.253 e. The Morgan fingerprint density at radius 1 is 1.33 bits per heavy atom. The Morgan fingerprint density at radius 2 is 2.10 bits per heavy atom. The molecule has 2 rings (SSSR count). The Morgan fingerprint density at radius 3 is 2.71 bits per heavy atom. The Labute approximate surface area is 132 Å². The second-order valence-corrected chi connectivity index (χ2v) is 5.29. The highest BCUT2D eigenvalue weighted by Gasteiger charge is 2.13.